The fourth-order valence-electron chi connectivity index (χ4n) is 2.17. The molecule has 0 aliphatic heterocycles. The second kappa shape index (κ2) is 9.57. The Morgan fingerprint density at radius 2 is 1.95 bits per heavy atom. The van der Waals surface area contributed by atoms with Crippen LogP contribution in [0.3, 0.4) is 0 Å². The molecule has 0 radical (unpaired) electrons. The minimum atomic E-state index is 0. The summed E-state index contributed by atoms with van der Waals surface area (Å²) in [5.74, 6) is 0.917. The summed E-state index contributed by atoms with van der Waals surface area (Å²) in [4.78, 5) is 6.92. The second-order valence-electron chi connectivity index (χ2n) is 5.67. The van der Waals surface area contributed by atoms with Gasteiger partial charge in [0.05, 0.1) is 12.6 Å². The number of hydrogen-bond donors (Lipinski definition) is 2. The summed E-state index contributed by atoms with van der Waals surface area (Å²) in [6, 6.07) is 8.87. The Labute approximate surface area is 155 Å². The van der Waals surface area contributed by atoms with Crippen molar-refractivity contribution in [2.75, 3.05) is 27.2 Å². The predicted molar refractivity (Wildman–Crippen MR) is 105 cm³/mol. The van der Waals surface area contributed by atoms with E-state index in [-0.39, 0.29) is 30.0 Å². The van der Waals surface area contributed by atoms with E-state index in [0.717, 1.165) is 24.1 Å². The van der Waals surface area contributed by atoms with Gasteiger partial charge in [0.25, 0.3) is 0 Å². The molecule has 1 aliphatic carbocycles. The maximum Gasteiger partial charge on any atom is 0.191 e. The van der Waals surface area contributed by atoms with Crippen LogP contribution >= 0.6 is 35.6 Å². The summed E-state index contributed by atoms with van der Waals surface area (Å²) >= 11 is 5.97. The summed E-state index contributed by atoms with van der Waals surface area (Å²) in [5, 5.41) is 7.52. The third-order valence-electron chi connectivity index (χ3n) is 3.56. The van der Waals surface area contributed by atoms with Crippen LogP contribution < -0.4 is 10.6 Å². The number of guanidine groups is 1. The molecular weight excluding hydrogens is 411 g/mol. The maximum atomic E-state index is 5.97. The van der Waals surface area contributed by atoms with Crippen molar-refractivity contribution < 1.29 is 0 Å². The SMILES string of the molecule is CCNC(=NCC(c1ccc(Cl)cc1)N(C)C)NC1CC1.I. The molecule has 1 fully saturated rings. The van der Waals surface area contributed by atoms with E-state index in [1.807, 2.05) is 12.1 Å². The molecule has 2 rings (SSSR count). The third kappa shape index (κ3) is 6.30. The van der Waals surface area contributed by atoms with E-state index in [2.05, 4.69) is 48.7 Å². The number of nitrogens with zero attached hydrogens (tertiary/aromatic N) is 2. The molecule has 22 heavy (non-hydrogen) atoms. The van der Waals surface area contributed by atoms with Gasteiger partial charge in [-0.2, -0.15) is 0 Å². The zero-order valence-electron chi connectivity index (χ0n) is 13.5. The van der Waals surface area contributed by atoms with Crippen LogP contribution in [0.15, 0.2) is 29.3 Å². The van der Waals surface area contributed by atoms with Crippen LogP contribution in [0, 0.1) is 0 Å². The zero-order chi connectivity index (χ0) is 15.2. The lowest BCUT2D eigenvalue weighted by molar-refractivity contribution is 0.306. The molecule has 1 atom stereocenters. The standard InChI is InChI=1S/C16H25ClN4.HI/c1-4-18-16(20-14-9-10-14)19-11-15(21(2)3)12-5-7-13(17)8-6-12;/h5-8,14-15H,4,9-11H2,1-3H3,(H2,18,19,20);1H. The largest absolute Gasteiger partial charge is 0.357 e. The lowest BCUT2D eigenvalue weighted by atomic mass is 10.1. The fourth-order valence-corrected chi connectivity index (χ4v) is 2.30. The van der Waals surface area contributed by atoms with Gasteiger partial charge in [0.1, 0.15) is 0 Å². The minimum Gasteiger partial charge on any atom is -0.357 e. The first kappa shape index (κ1) is 19.5. The van der Waals surface area contributed by atoms with Gasteiger partial charge < -0.3 is 15.5 Å². The smallest absolute Gasteiger partial charge is 0.191 e. The summed E-state index contributed by atoms with van der Waals surface area (Å²) in [7, 11) is 4.16. The maximum absolute atomic E-state index is 5.97. The van der Waals surface area contributed by atoms with Gasteiger partial charge in [0.2, 0.25) is 0 Å². The van der Waals surface area contributed by atoms with Crippen LogP contribution in [-0.4, -0.2) is 44.1 Å². The molecule has 0 bridgehead atoms. The molecule has 0 spiro atoms. The van der Waals surface area contributed by atoms with Crippen molar-refractivity contribution in [1.82, 2.24) is 15.5 Å². The van der Waals surface area contributed by atoms with Crippen molar-refractivity contribution in [2.24, 2.45) is 4.99 Å². The van der Waals surface area contributed by atoms with Crippen molar-refractivity contribution in [3.05, 3.63) is 34.9 Å². The highest BCUT2D eigenvalue weighted by atomic mass is 127. The molecule has 124 valence electrons. The van der Waals surface area contributed by atoms with Crippen LogP contribution in [0.4, 0.5) is 0 Å². The first-order valence-electron chi connectivity index (χ1n) is 7.57. The van der Waals surface area contributed by atoms with Crippen LogP contribution in [0.5, 0.6) is 0 Å². The normalized spacial score (nSPS) is 16.1. The molecule has 0 amide bonds. The van der Waals surface area contributed by atoms with E-state index in [1.54, 1.807) is 0 Å². The first-order valence-corrected chi connectivity index (χ1v) is 7.94. The Kier molecular flexibility index (Phi) is 8.49. The highest BCUT2D eigenvalue weighted by Gasteiger charge is 2.22. The van der Waals surface area contributed by atoms with Crippen molar-refractivity contribution in [2.45, 2.75) is 31.8 Å². The number of hydrogen-bond acceptors (Lipinski definition) is 2. The van der Waals surface area contributed by atoms with Gasteiger partial charge in [-0.15, -0.1) is 24.0 Å². The van der Waals surface area contributed by atoms with Gasteiger partial charge in [-0.3, -0.25) is 4.99 Å². The Balaban J connectivity index is 0.00000242. The lowest BCUT2D eigenvalue weighted by Crippen LogP contribution is -2.39. The molecule has 1 saturated carbocycles. The van der Waals surface area contributed by atoms with E-state index >= 15 is 0 Å². The minimum absolute atomic E-state index is 0. The Morgan fingerprint density at radius 3 is 2.45 bits per heavy atom. The number of benzene rings is 1. The molecule has 4 nitrogen and oxygen atoms in total. The zero-order valence-corrected chi connectivity index (χ0v) is 16.6. The number of rotatable bonds is 6. The molecule has 0 saturated heterocycles. The molecular formula is C16H26ClIN4. The molecule has 2 N–H and O–H groups in total. The van der Waals surface area contributed by atoms with E-state index in [4.69, 9.17) is 16.6 Å². The number of nitrogens with one attached hydrogen (secondary N) is 2. The van der Waals surface area contributed by atoms with Gasteiger partial charge in [-0.1, -0.05) is 23.7 Å². The van der Waals surface area contributed by atoms with Crippen molar-refractivity contribution >= 4 is 41.5 Å². The summed E-state index contributed by atoms with van der Waals surface area (Å²) in [5.41, 5.74) is 1.23. The molecule has 1 aliphatic rings. The van der Waals surface area contributed by atoms with E-state index in [1.165, 1.54) is 18.4 Å². The van der Waals surface area contributed by atoms with E-state index < -0.39 is 0 Å². The van der Waals surface area contributed by atoms with Gasteiger partial charge in [0, 0.05) is 17.6 Å². The molecule has 1 aromatic rings. The van der Waals surface area contributed by atoms with Crippen molar-refractivity contribution in [1.29, 1.82) is 0 Å². The Morgan fingerprint density at radius 1 is 1.32 bits per heavy atom. The predicted octanol–water partition coefficient (Wildman–Crippen LogP) is 3.28. The summed E-state index contributed by atoms with van der Waals surface area (Å²) in [6.07, 6.45) is 2.50. The molecule has 1 unspecified atom stereocenters. The number of halogens is 2. The topological polar surface area (TPSA) is 39.7 Å². The highest BCUT2D eigenvalue weighted by molar-refractivity contribution is 14.0. The Bertz CT molecular complexity index is 472. The summed E-state index contributed by atoms with van der Waals surface area (Å²) < 4.78 is 0. The van der Waals surface area contributed by atoms with Gasteiger partial charge in [-0.25, -0.2) is 0 Å². The van der Waals surface area contributed by atoms with Gasteiger partial charge in [-0.05, 0) is 51.6 Å². The van der Waals surface area contributed by atoms with Crippen molar-refractivity contribution in [3.63, 3.8) is 0 Å². The van der Waals surface area contributed by atoms with Crippen molar-refractivity contribution in [3.8, 4) is 0 Å². The van der Waals surface area contributed by atoms with E-state index in [9.17, 15) is 0 Å². The first-order chi connectivity index (χ1) is 10.1. The lowest BCUT2D eigenvalue weighted by Gasteiger charge is -2.23. The average molecular weight is 437 g/mol. The molecule has 6 heteroatoms. The Hall–Kier alpha value is -0.530. The van der Waals surface area contributed by atoms with Gasteiger partial charge >= 0.3 is 0 Å². The second-order valence-corrected chi connectivity index (χ2v) is 6.11. The fraction of sp³-hybridized carbons (Fsp3) is 0.562. The number of likely N-dealkylation sites (N-methyl/N-ethyl adjacent to an activating group) is 1. The highest BCUT2D eigenvalue weighted by Crippen LogP contribution is 2.21. The summed E-state index contributed by atoms with van der Waals surface area (Å²) in [6.45, 7) is 3.69. The van der Waals surface area contributed by atoms with Gasteiger partial charge in [0.15, 0.2) is 5.96 Å². The monoisotopic (exact) mass is 436 g/mol. The van der Waals surface area contributed by atoms with Crippen LogP contribution in [0.1, 0.15) is 31.4 Å². The van der Waals surface area contributed by atoms with Crippen LogP contribution in [0.25, 0.3) is 0 Å². The third-order valence-corrected chi connectivity index (χ3v) is 3.81. The van der Waals surface area contributed by atoms with Crippen LogP contribution in [-0.2, 0) is 0 Å². The molecule has 0 aromatic heterocycles. The van der Waals surface area contributed by atoms with Crippen LogP contribution in [0.2, 0.25) is 5.02 Å². The molecule has 0 heterocycles. The number of aliphatic imine (C=N–C) groups is 1. The van der Waals surface area contributed by atoms with E-state index in [0.29, 0.717) is 6.04 Å². The quantitative estimate of drug-likeness (QED) is 0.408. The molecule has 1 aromatic carbocycles. The average Bonchev–Trinajstić information content (AvgIpc) is 3.24.